The predicted molar refractivity (Wildman–Crippen MR) is 101 cm³/mol. The summed E-state index contributed by atoms with van der Waals surface area (Å²) in [5.41, 5.74) is 0.763. The number of benzene rings is 1. The SMILES string of the molecule is COC(=O)CCCCCC[C@@H]1C(=O)CC[C@H]1CCC(=O)c1ccccc1. The molecule has 0 heterocycles. The van der Waals surface area contributed by atoms with E-state index in [1.807, 2.05) is 30.3 Å². The minimum Gasteiger partial charge on any atom is -0.469 e. The monoisotopic (exact) mass is 358 g/mol. The van der Waals surface area contributed by atoms with E-state index in [2.05, 4.69) is 4.74 Å². The molecule has 4 nitrogen and oxygen atoms in total. The molecule has 4 heteroatoms. The van der Waals surface area contributed by atoms with E-state index >= 15 is 0 Å². The van der Waals surface area contributed by atoms with Gasteiger partial charge in [0, 0.05) is 30.7 Å². The molecule has 0 saturated heterocycles. The number of ether oxygens (including phenoxy) is 1. The third kappa shape index (κ3) is 6.40. The van der Waals surface area contributed by atoms with Crippen LogP contribution in [0.1, 0.15) is 74.6 Å². The molecule has 1 aromatic rings. The van der Waals surface area contributed by atoms with Crippen LogP contribution in [-0.2, 0) is 14.3 Å². The Balaban J connectivity index is 1.69. The van der Waals surface area contributed by atoms with Gasteiger partial charge in [0.05, 0.1) is 7.11 Å². The fraction of sp³-hybridized carbons (Fsp3) is 0.591. The van der Waals surface area contributed by atoms with Crippen LogP contribution in [0.4, 0.5) is 0 Å². The van der Waals surface area contributed by atoms with Crippen molar-refractivity contribution in [2.45, 2.75) is 64.2 Å². The number of Topliss-reactive ketones (excluding diaryl/α,β-unsaturated/α-hetero) is 2. The molecule has 142 valence electrons. The number of carbonyl (C=O) groups is 3. The van der Waals surface area contributed by atoms with Crippen molar-refractivity contribution in [3.05, 3.63) is 35.9 Å². The molecule has 1 aliphatic rings. The Morgan fingerprint density at radius 3 is 2.46 bits per heavy atom. The van der Waals surface area contributed by atoms with Crippen LogP contribution in [0, 0.1) is 11.8 Å². The van der Waals surface area contributed by atoms with E-state index in [-0.39, 0.29) is 17.7 Å². The minimum absolute atomic E-state index is 0.124. The van der Waals surface area contributed by atoms with Crippen molar-refractivity contribution in [2.24, 2.45) is 11.8 Å². The van der Waals surface area contributed by atoms with E-state index < -0.39 is 0 Å². The summed E-state index contributed by atoms with van der Waals surface area (Å²) in [4.78, 5) is 35.6. The van der Waals surface area contributed by atoms with Gasteiger partial charge < -0.3 is 4.74 Å². The van der Waals surface area contributed by atoms with E-state index in [1.165, 1.54) is 7.11 Å². The summed E-state index contributed by atoms with van der Waals surface area (Å²) in [6.07, 6.45) is 8.21. The molecule has 0 unspecified atom stereocenters. The third-order valence-corrected chi connectivity index (χ3v) is 5.46. The minimum atomic E-state index is -0.154. The van der Waals surface area contributed by atoms with Crippen LogP contribution in [0.15, 0.2) is 30.3 Å². The van der Waals surface area contributed by atoms with Gasteiger partial charge in [0.25, 0.3) is 0 Å². The molecule has 1 aliphatic carbocycles. The van der Waals surface area contributed by atoms with Gasteiger partial charge in [-0.2, -0.15) is 0 Å². The number of hydrogen-bond donors (Lipinski definition) is 0. The average Bonchev–Trinajstić information content (AvgIpc) is 3.02. The normalized spacial score (nSPS) is 19.5. The van der Waals surface area contributed by atoms with Crippen LogP contribution in [0.25, 0.3) is 0 Å². The molecule has 2 rings (SSSR count). The zero-order valence-corrected chi connectivity index (χ0v) is 15.7. The zero-order chi connectivity index (χ0) is 18.8. The maximum absolute atomic E-state index is 12.3. The quantitative estimate of drug-likeness (QED) is 0.325. The maximum Gasteiger partial charge on any atom is 0.305 e. The smallest absolute Gasteiger partial charge is 0.305 e. The molecule has 1 saturated carbocycles. The summed E-state index contributed by atoms with van der Waals surface area (Å²) < 4.78 is 4.63. The van der Waals surface area contributed by atoms with Gasteiger partial charge in [-0.15, -0.1) is 0 Å². The van der Waals surface area contributed by atoms with E-state index in [4.69, 9.17) is 0 Å². The molecule has 1 fully saturated rings. The molecule has 0 N–H and O–H groups in total. The van der Waals surface area contributed by atoms with Crippen LogP contribution in [0.3, 0.4) is 0 Å². The van der Waals surface area contributed by atoms with Gasteiger partial charge in [-0.05, 0) is 31.6 Å². The number of methoxy groups -OCH3 is 1. The molecule has 0 bridgehead atoms. The molecule has 1 aromatic carbocycles. The highest BCUT2D eigenvalue weighted by Crippen LogP contribution is 2.36. The van der Waals surface area contributed by atoms with Crippen molar-refractivity contribution < 1.29 is 19.1 Å². The zero-order valence-electron chi connectivity index (χ0n) is 15.7. The second-order valence-corrected chi connectivity index (χ2v) is 7.23. The molecule has 26 heavy (non-hydrogen) atoms. The largest absolute Gasteiger partial charge is 0.469 e. The van der Waals surface area contributed by atoms with Crippen LogP contribution in [0.5, 0.6) is 0 Å². The molecule has 0 aliphatic heterocycles. The van der Waals surface area contributed by atoms with Gasteiger partial charge in [-0.3, -0.25) is 14.4 Å². The average molecular weight is 358 g/mol. The molecule has 0 amide bonds. The highest BCUT2D eigenvalue weighted by Gasteiger charge is 2.33. The van der Waals surface area contributed by atoms with Gasteiger partial charge >= 0.3 is 5.97 Å². The van der Waals surface area contributed by atoms with Gasteiger partial charge in [0.2, 0.25) is 0 Å². The first-order valence-corrected chi connectivity index (χ1v) is 9.79. The summed E-state index contributed by atoms with van der Waals surface area (Å²) in [5.74, 6) is 0.867. The fourth-order valence-electron chi connectivity index (χ4n) is 3.89. The lowest BCUT2D eigenvalue weighted by molar-refractivity contribution is -0.140. The standard InChI is InChI=1S/C22H30O4/c1-26-22(25)12-8-3-2-7-11-19-17(14-16-21(19)24)13-15-20(23)18-9-5-4-6-10-18/h4-6,9-10,17,19H,2-3,7-8,11-16H2,1H3/t17-,19+/m1/s1. The topological polar surface area (TPSA) is 60.4 Å². The van der Waals surface area contributed by atoms with E-state index in [0.29, 0.717) is 31.0 Å². The van der Waals surface area contributed by atoms with Gasteiger partial charge in [-0.25, -0.2) is 0 Å². The summed E-state index contributed by atoms with van der Waals surface area (Å²) in [6, 6.07) is 9.39. The summed E-state index contributed by atoms with van der Waals surface area (Å²) in [5, 5.41) is 0. The van der Waals surface area contributed by atoms with Crippen LogP contribution in [0.2, 0.25) is 0 Å². The number of carbonyl (C=O) groups excluding carboxylic acids is 3. The predicted octanol–water partition coefficient (Wildman–Crippen LogP) is 4.76. The molecule has 2 atom stereocenters. The second-order valence-electron chi connectivity index (χ2n) is 7.23. The van der Waals surface area contributed by atoms with Crippen LogP contribution >= 0.6 is 0 Å². The van der Waals surface area contributed by atoms with Gasteiger partial charge in [0.15, 0.2) is 5.78 Å². The maximum atomic E-state index is 12.3. The molecule has 0 aromatic heterocycles. The number of esters is 1. The summed E-state index contributed by atoms with van der Waals surface area (Å²) in [6.45, 7) is 0. The lowest BCUT2D eigenvalue weighted by Crippen LogP contribution is -2.16. The van der Waals surface area contributed by atoms with Crippen molar-refractivity contribution in [1.29, 1.82) is 0 Å². The molecular formula is C22H30O4. The van der Waals surface area contributed by atoms with Crippen molar-refractivity contribution in [2.75, 3.05) is 7.11 Å². The summed E-state index contributed by atoms with van der Waals surface area (Å²) >= 11 is 0. The Labute approximate surface area is 156 Å². The Bertz CT molecular complexity index is 593. The Morgan fingerprint density at radius 2 is 1.73 bits per heavy atom. The Morgan fingerprint density at radius 1 is 1.00 bits per heavy atom. The van der Waals surface area contributed by atoms with E-state index in [9.17, 15) is 14.4 Å². The molecule has 0 spiro atoms. The first-order valence-electron chi connectivity index (χ1n) is 9.79. The molecular weight excluding hydrogens is 328 g/mol. The number of ketones is 2. The highest BCUT2D eigenvalue weighted by atomic mass is 16.5. The fourth-order valence-corrected chi connectivity index (χ4v) is 3.89. The number of hydrogen-bond acceptors (Lipinski definition) is 4. The van der Waals surface area contributed by atoms with E-state index in [1.54, 1.807) is 0 Å². The molecule has 0 radical (unpaired) electrons. The second kappa shape index (κ2) is 10.9. The van der Waals surface area contributed by atoms with Crippen molar-refractivity contribution in [1.82, 2.24) is 0 Å². The van der Waals surface area contributed by atoms with Crippen molar-refractivity contribution >= 4 is 17.5 Å². The van der Waals surface area contributed by atoms with Gasteiger partial charge in [-0.1, -0.05) is 49.6 Å². The number of unbranched alkanes of at least 4 members (excludes halogenated alkanes) is 3. The van der Waals surface area contributed by atoms with Crippen LogP contribution < -0.4 is 0 Å². The van der Waals surface area contributed by atoms with Crippen LogP contribution in [-0.4, -0.2) is 24.6 Å². The van der Waals surface area contributed by atoms with E-state index in [0.717, 1.165) is 50.5 Å². The highest BCUT2D eigenvalue weighted by molar-refractivity contribution is 5.96. The summed E-state index contributed by atoms with van der Waals surface area (Å²) in [7, 11) is 1.41. The first kappa shape index (κ1) is 20.3. The Kier molecular flexibility index (Phi) is 8.52. The van der Waals surface area contributed by atoms with Gasteiger partial charge in [0.1, 0.15) is 5.78 Å². The lowest BCUT2D eigenvalue weighted by atomic mass is 9.86. The van der Waals surface area contributed by atoms with Crippen molar-refractivity contribution in [3.63, 3.8) is 0 Å². The third-order valence-electron chi connectivity index (χ3n) is 5.46. The first-order chi connectivity index (χ1) is 12.6. The Hall–Kier alpha value is -1.97. The number of rotatable bonds is 11. The van der Waals surface area contributed by atoms with Crippen molar-refractivity contribution in [3.8, 4) is 0 Å². The lowest BCUT2D eigenvalue weighted by Gasteiger charge is -2.18.